The van der Waals surface area contributed by atoms with E-state index in [2.05, 4.69) is 21.3 Å². The standard InChI is InChI=1S/C10H13N3/c1-2-8-6-12-9-7-11-4-3-10(9)13(8)5-1/h3-4,7-8,12H,1-2,5-6H2/t8-/m0/s1. The van der Waals surface area contributed by atoms with Crippen molar-refractivity contribution in [1.82, 2.24) is 4.98 Å². The molecule has 0 unspecified atom stereocenters. The van der Waals surface area contributed by atoms with Crippen molar-refractivity contribution in [2.24, 2.45) is 0 Å². The molecule has 3 heterocycles. The van der Waals surface area contributed by atoms with E-state index in [-0.39, 0.29) is 0 Å². The van der Waals surface area contributed by atoms with Gasteiger partial charge in [0.15, 0.2) is 0 Å². The molecule has 0 amide bonds. The third kappa shape index (κ3) is 0.996. The number of anilines is 2. The molecule has 1 atom stereocenters. The van der Waals surface area contributed by atoms with Crippen LogP contribution in [0.1, 0.15) is 12.8 Å². The van der Waals surface area contributed by atoms with Crippen LogP contribution < -0.4 is 10.2 Å². The molecule has 0 radical (unpaired) electrons. The average molecular weight is 175 g/mol. The first-order valence-electron chi connectivity index (χ1n) is 4.90. The number of hydrogen-bond acceptors (Lipinski definition) is 3. The molecule has 1 N–H and O–H groups in total. The van der Waals surface area contributed by atoms with Crippen LogP contribution in [0.15, 0.2) is 18.5 Å². The Kier molecular flexibility index (Phi) is 1.45. The number of fused-ring (bicyclic) bond motifs is 3. The lowest BCUT2D eigenvalue weighted by molar-refractivity contribution is 0.682. The van der Waals surface area contributed by atoms with Crippen LogP contribution in [0.4, 0.5) is 11.4 Å². The first-order chi connectivity index (χ1) is 6.45. The molecule has 2 aliphatic heterocycles. The molecule has 1 fully saturated rings. The van der Waals surface area contributed by atoms with Gasteiger partial charge in [0.05, 0.1) is 17.6 Å². The topological polar surface area (TPSA) is 28.2 Å². The lowest BCUT2D eigenvalue weighted by atomic mass is 10.1. The predicted molar refractivity (Wildman–Crippen MR) is 53.1 cm³/mol. The Morgan fingerprint density at radius 2 is 2.54 bits per heavy atom. The minimum absolute atomic E-state index is 0.717. The van der Waals surface area contributed by atoms with Crippen molar-refractivity contribution >= 4 is 11.4 Å². The molecule has 13 heavy (non-hydrogen) atoms. The smallest absolute Gasteiger partial charge is 0.0765 e. The van der Waals surface area contributed by atoms with Gasteiger partial charge in [-0.3, -0.25) is 4.98 Å². The number of pyridine rings is 1. The van der Waals surface area contributed by atoms with E-state index in [1.54, 1.807) is 0 Å². The Bertz CT molecular complexity index is 324. The SMILES string of the molecule is c1cc2c(cn1)NC[C@@H]1CCCN21. The maximum absolute atomic E-state index is 4.12. The van der Waals surface area contributed by atoms with Gasteiger partial charge in [-0.1, -0.05) is 0 Å². The van der Waals surface area contributed by atoms with Gasteiger partial charge < -0.3 is 10.2 Å². The first kappa shape index (κ1) is 7.18. The van der Waals surface area contributed by atoms with Gasteiger partial charge in [-0.25, -0.2) is 0 Å². The van der Waals surface area contributed by atoms with Crippen molar-refractivity contribution in [3.05, 3.63) is 18.5 Å². The average Bonchev–Trinajstić information content (AvgIpc) is 2.65. The zero-order valence-corrected chi connectivity index (χ0v) is 7.53. The van der Waals surface area contributed by atoms with Crippen LogP contribution in [0.5, 0.6) is 0 Å². The van der Waals surface area contributed by atoms with Crippen molar-refractivity contribution in [2.75, 3.05) is 23.3 Å². The van der Waals surface area contributed by atoms with E-state index in [9.17, 15) is 0 Å². The summed E-state index contributed by atoms with van der Waals surface area (Å²) in [5.41, 5.74) is 2.53. The zero-order valence-electron chi connectivity index (χ0n) is 7.53. The Balaban J connectivity index is 2.06. The molecule has 0 spiro atoms. The highest BCUT2D eigenvalue weighted by Crippen LogP contribution is 2.34. The molecule has 0 saturated carbocycles. The van der Waals surface area contributed by atoms with Crippen molar-refractivity contribution < 1.29 is 0 Å². The third-order valence-electron chi connectivity index (χ3n) is 3.01. The van der Waals surface area contributed by atoms with Gasteiger partial charge in [0, 0.05) is 25.3 Å². The molecule has 68 valence electrons. The fraction of sp³-hybridized carbons (Fsp3) is 0.500. The van der Waals surface area contributed by atoms with Crippen LogP contribution in [0.3, 0.4) is 0 Å². The number of nitrogens with zero attached hydrogens (tertiary/aromatic N) is 2. The molecule has 0 aromatic carbocycles. The molecule has 1 aromatic rings. The maximum atomic E-state index is 4.12. The monoisotopic (exact) mass is 175 g/mol. The quantitative estimate of drug-likeness (QED) is 0.647. The number of rotatable bonds is 0. The van der Waals surface area contributed by atoms with E-state index in [0.29, 0.717) is 0 Å². The Labute approximate surface area is 77.8 Å². The fourth-order valence-electron chi connectivity index (χ4n) is 2.37. The maximum Gasteiger partial charge on any atom is 0.0765 e. The normalized spacial score (nSPS) is 24.9. The highest BCUT2D eigenvalue weighted by Gasteiger charge is 2.29. The second-order valence-corrected chi connectivity index (χ2v) is 3.76. The Hall–Kier alpha value is -1.25. The summed E-state index contributed by atoms with van der Waals surface area (Å²) in [5, 5.41) is 3.43. The van der Waals surface area contributed by atoms with Crippen LogP contribution in [-0.4, -0.2) is 24.1 Å². The summed E-state index contributed by atoms with van der Waals surface area (Å²) < 4.78 is 0. The van der Waals surface area contributed by atoms with Gasteiger partial charge in [-0.2, -0.15) is 0 Å². The molecule has 0 bridgehead atoms. The summed E-state index contributed by atoms with van der Waals surface area (Å²) in [6, 6.07) is 2.83. The minimum Gasteiger partial charge on any atom is -0.380 e. The number of hydrogen-bond donors (Lipinski definition) is 1. The summed E-state index contributed by atoms with van der Waals surface area (Å²) in [7, 11) is 0. The van der Waals surface area contributed by atoms with Gasteiger partial charge in [0.2, 0.25) is 0 Å². The molecule has 0 aliphatic carbocycles. The van der Waals surface area contributed by atoms with Crippen LogP contribution in [-0.2, 0) is 0 Å². The van der Waals surface area contributed by atoms with E-state index in [1.165, 1.54) is 30.8 Å². The molecule has 2 aliphatic rings. The Morgan fingerprint density at radius 3 is 3.54 bits per heavy atom. The highest BCUT2D eigenvalue weighted by atomic mass is 15.2. The van der Waals surface area contributed by atoms with Crippen molar-refractivity contribution in [3.8, 4) is 0 Å². The van der Waals surface area contributed by atoms with E-state index in [4.69, 9.17) is 0 Å². The summed E-state index contributed by atoms with van der Waals surface area (Å²) >= 11 is 0. The Morgan fingerprint density at radius 1 is 1.54 bits per heavy atom. The molecular weight excluding hydrogens is 162 g/mol. The third-order valence-corrected chi connectivity index (χ3v) is 3.01. The van der Waals surface area contributed by atoms with Crippen molar-refractivity contribution in [2.45, 2.75) is 18.9 Å². The van der Waals surface area contributed by atoms with E-state index < -0.39 is 0 Å². The van der Waals surface area contributed by atoms with Gasteiger partial charge in [-0.05, 0) is 18.9 Å². The van der Waals surface area contributed by atoms with Crippen molar-refractivity contribution in [3.63, 3.8) is 0 Å². The molecule has 3 rings (SSSR count). The van der Waals surface area contributed by atoms with Gasteiger partial charge in [0.25, 0.3) is 0 Å². The largest absolute Gasteiger partial charge is 0.380 e. The van der Waals surface area contributed by atoms with Crippen LogP contribution in [0, 0.1) is 0 Å². The van der Waals surface area contributed by atoms with Gasteiger partial charge >= 0.3 is 0 Å². The second kappa shape index (κ2) is 2.62. The summed E-state index contributed by atoms with van der Waals surface area (Å²) in [6.45, 7) is 2.29. The van der Waals surface area contributed by atoms with Crippen LogP contribution in [0.25, 0.3) is 0 Å². The number of nitrogens with one attached hydrogen (secondary N) is 1. The van der Waals surface area contributed by atoms with E-state index >= 15 is 0 Å². The predicted octanol–water partition coefficient (Wildman–Crippen LogP) is 1.48. The zero-order chi connectivity index (χ0) is 8.67. The summed E-state index contributed by atoms with van der Waals surface area (Å²) in [4.78, 5) is 6.63. The van der Waals surface area contributed by atoms with E-state index in [0.717, 1.165) is 12.6 Å². The van der Waals surface area contributed by atoms with Crippen LogP contribution in [0.2, 0.25) is 0 Å². The molecule has 1 aromatic heterocycles. The first-order valence-corrected chi connectivity index (χ1v) is 4.90. The number of aromatic nitrogens is 1. The minimum atomic E-state index is 0.717. The lowest BCUT2D eigenvalue weighted by Gasteiger charge is -2.33. The van der Waals surface area contributed by atoms with Crippen molar-refractivity contribution in [1.29, 1.82) is 0 Å². The molecule has 1 saturated heterocycles. The molecular formula is C10H13N3. The van der Waals surface area contributed by atoms with Gasteiger partial charge in [0.1, 0.15) is 0 Å². The second-order valence-electron chi connectivity index (χ2n) is 3.76. The lowest BCUT2D eigenvalue weighted by Crippen LogP contribution is -2.39. The van der Waals surface area contributed by atoms with Crippen LogP contribution >= 0.6 is 0 Å². The molecule has 3 heteroatoms. The summed E-state index contributed by atoms with van der Waals surface area (Å²) in [5.74, 6) is 0. The highest BCUT2D eigenvalue weighted by molar-refractivity contribution is 5.71. The summed E-state index contributed by atoms with van der Waals surface area (Å²) in [6.07, 6.45) is 6.45. The van der Waals surface area contributed by atoms with E-state index in [1.807, 2.05) is 12.4 Å². The van der Waals surface area contributed by atoms with Gasteiger partial charge in [-0.15, -0.1) is 0 Å². The molecule has 3 nitrogen and oxygen atoms in total. The fourth-order valence-corrected chi connectivity index (χ4v) is 2.37.